The number of esters is 1. The van der Waals surface area contributed by atoms with E-state index in [2.05, 4.69) is 12.2 Å². The summed E-state index contributed by atoms with van der Waals surface area (Å²) in [5.41, 5.74) is 3.83. The highest BCUT2D eigenvalue weighted by Crippen LogP contribution is 2.39. The maximum absolute atomic E-state index is 14.5. The van der Waals surface area contributed by atoms with Gasteiger partial charge in [0.25, 0.3) is 0 Å². The fourth-order valence-corrected chi connectivity index (χ4v) is 4.90. The number of rotatable bonds is 16. The van der Waals surface area contributed by atoms with Crippen LogP contribution in [0.4, 0.5) is 13.6 Å². The van der Waals surface area contributed by atoms with Gasteiger partial charge in [-0.3, -0.25) is 15.4 Å². The zero-order chi connectivity index (χ0) is 30.0. The summed E-state index contributed by atoms with van der Waals surface area (Å²) in [5, 5.41) is 21.1. The first-order valence-electron chi connectivity index (χ1n) is 14.3. The minimum atomic E-state index is -3.90. The van der Waals surface area contributed by atoms with Gasteiger partial charge in [0, 0.05) is 11.8 Å². The van der Waals surface area contributed by atoms with Gasteiger partial charge < -0.3 is 25.0 Å². The topological polar surface area (TPSA) is 151 Å². The lowest BCUT2D eigenvalue weighted by molar-refractivity contribution is -0.145. The van der Waals surface area contributed by atoms with Gasteiger partial charge in [0.15, 0.2) is 11.8 Å². The number of aliphatic hydroxyl groups is 2. The van der Waals surface area contributed by atoms with Crippen LogP contribution in [0.15, 0.2) is 36.5 Å². The highest BCUT2D eigenvalue weighted by molar-refractivity contribution is 6.12. The number of benzene rings is 1. The Kier molecular flexibility index (Phi) is 11.8. The van der Waals surface area contributed by atoms with Crippen molar-refractivity contribution in [2.45, 2.75) is 101 Å². The van der Waals surface area contributed by atoms with Gasteiger partial charge in [0.05, 0.1) is 18.8 Å². The molecule has 1 saturated heterocycles. The SMILES string of the molecule is CCCCCCCCCCCCOC(=O)c1ccccc1C(=O)C1(N)C=CN([C@@H]2O[C@H](CO)[C@@H](O)C2(F)F)C(=O)N1. The largest absolute Gasteiger partial charge is 0.462 e. The molecule has 0 spiro atoms. The van der Waals surface area contributed by atoms with Crippen LogP contribution >= 0.6 is 0 Å². The minimum Gasteiger partial charge on any atom is -0.462 e. The predicted octanol–water partition coefficient (Wildman–Crippen LogP) is 3.85. The number of ketones is 1. The van der Waals surface area contributed by atoms with E-state index in [9.17, 15) is 33.4 Å². The average Bonchev–Trinajstić information content (AvgIpc) is 3.18. The third-order valence-electron chi connectivity index (χ3n) is 7.36. The molecule has 228 valence electrons. The summed E-state index contributed by atoms with van der Waals surface area (Å²) in [5.74, 6) is -5.48. The van der Waals surface area contributed by atoms with Gasteiger partial charge in [-0.05, 0) is 18.6 Å². The molecule has 1 fully saturated rings. The molecule has 0 radical (unpaired) electrons. The van der Waals surface area contributed by atoms with Crippen LogP contribution in [0, 0.1) is 0 Å². The van der Waals surface area contributed by atoms with Crippen molar-refractivity contribution in [1.29, 1.82) is 0 Å². The summed E-state index contributed by atoms with van der Waals surface area (Å²) in [6.07, 6.45) is 6.96. The number of nitrogens with zero attached hydrogens (tertiary/aromatic N) is 1. The van der Waals surface area contributed by atoms with Crippen molar-refractivity contribution >= 4 is 17.8 Å². The van der Waals surface area contributed by atoms with Gasteiger partial charge in [0.1, 0.15) is 6.10 Å². The Balaban J connectivity index is 1.56. The molecule has 2 heterocycles. The molecule has 1 aromatic carbocycles. The van der Waals surface area contributed by atoms with E-state index in [1.54, 1.807) is 6.07 Å². The molecular formula is C29H41F2N3O7. The number of halogens is 2. The van der Waals surface area contributed by atoms with Gasteiger partial charge in [0.2, 0.25) is 12.0 Å². The number of carbonyl (C=O) groups is 3. The molecule has 2 amide bonds. The van der Waals surface area contributed by atoms with Crippen LogP contribution in [0.2, 0.25) is 0 Å². The second-order valence-electron chi connectivity index (χ2n) is 10.5. The normalized spacial score (nSPS) is 25.3. The lowest BCUT2D eigenvalue weighted by Crippen LogP contribution is -2.67. The van der Waals surface area contributed by atoms with E-state index in [1.807, 2.05) is 0 Å². The van der Waals surface area contributed by atoms with Crippen molar-refractivity contribution in [3.05, 3.63) is 47.7 Å². The Hall–Kier alpha value is -2.93. The second kappa shape index (κ2) is 14.8. The Morgan fingerprint density at radius 2 is 1.63 bits per heavy atom. The number of nitrogens with two attached hydrogens (primary N) is 1. The Labute approximate surface area is 238 Å². The maximum Gasteiger partial charge on any atom is 0.338 e. The number of alkyl halides is 2. The van der Waals surface area contributed by atoms with Crippen molar-refractivity contribution < 1.29 is 42.9 Å². The standard InChI is InChI=1S/C29H41F2N3O7/c1-2-3-4-5-6-7-8-9-10-13-18-40-25(38)21-15-12-11-14-20(21)23(36)28(32)16-17-34(27(39)33-28)26-29(30,31)24(37)22(19-35)41-26/h11-12,14-17,22,24,26,35,37H,2-10,13,18-19,32H2,1H3,(H,33,39)/t22-,24-,26-,28?/m1/s1. The summed E-state index contributed by atoms with van der Waals surface area (Å²) >= 11 is 0. The molecule has 5 N–H and O–H groups in total. The third-order valence-corrected chi connectivity index (χ3v) is 7.36. The number of hydrogen-bond donors (Lipinski definition) is 4. The minimum absolute atomic E-state index is 0.0425. The number of carbonyl (C=O) groups excluding carboxylic acids is 3. The Morgan fingerprint density at radius 3 is 2.20 bits per heavy atom. The lowest BCUT2D eigenvalue weighted by atomic mass is 9.93. The van der Waals surface area contributed by atoms with Crippen LogP contribution in [0.5, 0.6) is 0 Å². The molecule has 0 aliphatic carbocycles. The van der Waals surface area contributed by atoms with E-state index in [4.69, 9.17) is 15.2 Å². The number of ether oxygens (including phenoxy) is 2. The first kappa shape index (κ1) is 32.6. The van der Waals surface area contributed by atoms with Crippen LogP contribution in [-0.4, -0.2) is 76.1 Å². The summed E-state index contributed by atoms with van der Waals surface area (Å²) in [4.78, 5) is 39.4. The molecule has 3 rings (SSSR count). The van der Waals surface area contributed by atoms with Crippen LogP contribution in [0.25, 0.3) is 0 Å². The number of hydrogen-bond acceptors (Lipinski definition) is 8. The van der Waals surface area contributed by atoms with Crippen molar-refractivity contribution in [2.75, 3.05) is 13.2 Å². The van der Waals surface area contributed by atoms with Crippen molar-refractivity contribution in [3.8, 4) is 0 Å². The van der Waals surface area contributed by atoms with E-state index in [-0.39, 0.29) is 17.7 Å². The second-order valence-corrected chi connectivity index (χ2v) is 10.5. The summed E-state index contributed by atoms with van der Waals surface area (Å²) in [6, 6.07) is 4.63. The number of urea groups is 1. The van der Waals surface area contributed by atoms with E-state index in [0.29, 0.717) is 11.3 Å². The molecule has 41 heavy (non-hydrogen) atoms. The first-order valence-corrected chi connectivity index (χ1v) is 14.3. The Bertz CT molecular complexity index is 1090. The number of Topliss-reactive ketones (excluding diaryl/α,β-unsaturated/α-hetero) is 1. The molecular weight excluding hydrogens is 540 g/mol. The smallest absolute Gasteiger partial charge is 0.338 e. The molecule has 0 saturated carbocycles. The fourth-order valence-electron chi connectivity index (χ4n) is 4.90. The maximum atomic E-state index is 14.5. The van der Waals surface area contributed by atoms with E-state index >= 15 is 0 Å². The summed E-state index contributed by atoms with van der Waals surface area (Å²) in [7, 11) is 0. The van der Waals surface area contributed by atoms with Crippen LogP contribution in [0.1, 0.15) is 91.8 Å². The van der Waals surface area contributed by atoms with E-state index < -0.39 is 54.4 Å². The number of amides is 2. The zero-order valence-corrected chi connectivity index (χ0v) is 23.4. The van der Waals surface area contributed by atoms with Gasteiger partial charge in [-0.25, -0.2) is 9.59 Å². The third kappa shape index (κ3) is 7.88. The monoisotopic (exact) mass is 581 g/mol. The van der Waals surface area contributed by atoms with Crippen LogP contribution in [0.3, 0.4) is 0 Å². The number of unbranched alkanes of at least 4 members (excludes halogenated alkanes) is 9. The molecule has 2 aliphatic rings. The number of nitrogens with one attached hydrogen (secondary N) is 1. The highest BCUT2D eigenvalue weighted by Gasteiger charge is 2.61. The van der Waals surface area contributed by atoms with Crippen LogP contribution in [-0.2, 0) is 9.47 Å². The van der Waals surface area contributed by atoms with Crippen molar-refractivity contribution in [2.24, 2.45) is 5.73 Å². The quantitative estimate of drug-likeness (QED) is 0.131. The molecule has 0 aromatic heterocycles. The van der Waals surface area contributed by atoms with E-state index in [0.717, 1.165) is 31.5 Å². The molecule has 0 bridgehead atoms. The average molecular weight is 582 g/mol. The highest BCUT2D eigenvalue weighted by atomic mass is 19.3. The summed E-state index contributed by atoms with van der Waals surface area (Å²) < 4.78 is 39.4. The molecule has 10 nitrogen and oxygen atoms in total. The van der Waals surface area contributed by atoms with Crippen molar-refractivity contribution in [3.63, 3.8) is 0 Å². The summed E-state index contributed by atoms with van der Waals surface area (Å²) in [6.45, 7) is 1.49. The Morgan fingerprint density at radius 1 is 1.05 bits per heavy atom. The van der Waals surface area contributed by atoms with E-state index in [1.165, 1.54) is 56.7 Å². The van der Waals surface area contributed by atoms with Gasteiger partial charge in [-0.15, -0.1) is 0 Å². The molecule has 2 aliphatic heterocycles. The van der Waals surface area contributed by atoms with Crippen LogP contribution < -0.4 is 11.1 Å². The predicted molar refractivity (Wildman–Crippen MR) is 146 cm³/mol. The van der Waals surface area contributed by atoms with Crippen molar-refractivity contribution in [1.82, 2.24) is 10.2 Å². The van der Waals surface area contributed by atoms with Gasteiger partial charge in [-0.2, -0.15) is 8.78 Å². The zero-order valence-electron chi connectivity index (χ0n) is 23.4. The lowest BCUT2D eigenvalue weighted by Gasteiger charge is -2.37. The molecule has 12 heteroatoms. The fraction of sp³-hybridized carbons (Fsp3) is 0.621. The first-order chi connectivity index (χ1) is 19.6. The van der Waals surface area contributed by atoms with Gasteiger partial charge in [-0.1, -0.05) is 82.9 Å². The number of aliphatic hydroxyl groups excluding tert-OH is 2. The van der Waals surface area contributed by atoms with Gasteiger partial charge >= 0.3 is 17.9 Å². The molecule has 1 aromatic rings. The molecule has 1 unspecified atom stereocenters. The molecule has 4 atom stereocenters.